The minimum atomic E-state index is -1.11. The van der Waals surface area contributed by atoms with Gasteiger partial charge in [-0.3, -0.25) is 9.69 Å². The van der Waals surface area contributed by atoms with Gasteiger partial charge in [0.05, 0.1) is 23.3 Å². The van der Waals surface area contributed by atoms with Gasteiger partial charge in [0.15, 0.2) is 23.3 Å². The topological polar surface area (TPSA) is 126 Å². The van der Waals surface area contributed by atoms with Crippen molar-refractivity contribution < 1.29 is 34.1 Å². The van der Waals surface area contributed by atoms with E-state index in [0.717, 1.165) is 11.8 Å². The van der Waals surface area contributed by atoms with E-state index in [4.69, 9.17) is 19.7 Å². The van der Waals surface area contributed by atoms with Gasteiger partial charge >= 0.3 is 11.9 Å². The first kappa shape index (κ1) is 21.9. The quantitative estimate of drug-likeness (QED) is 0.627. The Labute approximate surface area is 181 Å². The van der Waals surface area contributed by atoms with Crippen LogP contribution in [0, 0.1) is 0 Å². The number of aromatic carboxylic acids is 1. The van der Waals surface area contributed by atoms with Gasteiger partial charge in [0.1, 0.15) is 0 Å². The minimum Gasteiger partial charge on any atom is -0.493 e. The third-order valence-electron chi connectivity index (χ3n) is 4.16. The summed E-state index contributed by atoms with van der Waals surface area (Å²) in [5, 5.41) is 18.3. The molecule has 1 aliphatic rings. The maximum Gasteiger partial charge on any atom is 0.341 e. The number of carbonyl (C=O) groups excluding carboxylic acids is 1. The number of methoxy groups -OCH3 is 1. The Hall–Kier alpha value is -3.79. The monoisotopic (exact) mass is 442 g/mol. The average molecular weight is 442 g/mol. The number of thioether (sulfide) groups is 1. The Morgan fingerprint density at radius 2 is 1.94 bits per heavy atom. The van der Waals surface area contributed by atoms with Crippen LogP contribution in [0.15, 0.2) is 52.4 Å². The molecule has 160 valence electrons. The van der Waals surface area contributed by atoms with Crippen molar-refractivity contribution in [2.45, 2.75) is 0 Å². The third kappa shape index (κ3) is 5.23. The molecule has 1 amide bonds. The summed E-state index contributed by atoms with van der Waals surface area (Å²) in [5.41, 5.74) is 1.18. The maximum atomic E-state index is 12.6. The van der Waals surface area contributed by atoms with E-state index in [9.17, 15) is 14.4 Å². The van der Waals surface area contributed by atoms with Crippen molar-refractivity contribution in [1.82, 2.24) is 4.90 Å². The predicted octanol–water partition coefficient (Wildman–Crippen LogP) is 3.09. The molecule has 0 unspecified atom stereocenters. The highest BCUT2D eigenvalue weighted by Gasteiger charge is 2.30. The first-order valence-corrected chi connectivity index (χ1v) is 9.72. The Morgan fingerprint density at radius 3 is 2.61 bits per heavy atom. The molecule has 2 aromatic rings. The zero-order valence-electron chi connectivity index (χ0n) is 16.6. The number of amides is 1. The van der Waals surface area contributed by atoms with Crippen molar-refractivity contribution in [1.29, 1.82) is 0 Å². The van der Waals surface area contributed by atoms with Crippen LogP contribution in [-0.4, -0.2) is 58.9 Å². The van der Waals surface area contributed by atoms with Gasteiger partial charge in [-0.1, -0.05) is 12.1 Å². The van der Waals surface area contributed by atoms with Gasteiger partial charge in [-0.25, -0.2) is 14.6 Å². The molecular formula is C21H18N2O7S. The molecule has 0 saturated carbocycles. The van der Waals surface area contributed by atoms with Crippen molar-refractivity contribution >= 4 is 46.5 Å². The fourth-order valence-electron chi connectivity index (χ4n) is 2.65. The van der Waals surface area contributed by atoms with Crippen molar-refractivity contribution in [3.8, 4) is 11.5 Å². The van der Waals surface area contributed by atoms with Crippen LogP contribution in [-0.2, 0) is 9.59 Å². The number of rotatable bonds is 7. The maximum absolute atomic E-state index is 12.6. The summed E-state index contributed by atoms with van der Waals surface area (Å²) in [4.78, 5) is 40.6. The number of nitrogens with zero attached hydrogens (tertiary/aromatic N) is 2. The molecule has 1 saturated heterocycles. The largest absolute Gasteiger partial charge is 0.493 e. The Balaban J connectivity index is 1.85. The van der Waals surface area contributed by atoms with Crippen molar-refractivity contribution in [3.05, 3.63) is 58.5 Å². The van der Waals surface area contributed by atoms with Gasteiger partial charge < -0.3 is 19.7 Å². The van der Waals surface area contributed by atoms with Crippen LogP contribution in [0.3, 0.4) is 0 Å². The molecule has 0 aromatic heterocycles. The SMILES string of the molecule is COc1cc(/C=C2\SC(=Nc3cccc(C(=O)O)c3)N(C)C2=O)ccc1OCC(=O)O. The van der Waals surface area contributed by atoms with Crippen molar-refractivity contribution in [2.75, 3.05) is 20.8 Å². The lowest BCUT2D eigenvalue weighted by Crippen LogP contribution is -2.23. The molecule has 1 fully saturated rings. The van der Waals surface area contributed by atoms with E-state index in [2.05, 4.69) is 4.99 Å². The van der Waals surface area contributed by atoms with Gasteiger partial charge in [0.25, 0.3) is 5.91 Å². The summed E-state index contributed by atoms with van der Waals surface area (Å²) in [6.07, 6.45) is 1.66. The average Bonchev–Trinajstić information content (AvgIpc) is 3.00. The second-order valence-electron chi connectivity index (χ2n) is 6.32. The van der Waals surface area contributed by atoms with Crippen LogP contribution < -0.4 is 9.47 Å². The molecule has 1 aliphatic heterocycles. The molecule has 0 aliphatic carbocycles. The van der Waals surface area contributed by atoms with Crippen LogP contribution in [0.4, 0.5) is 5.69 Å². The van der Waals surface area contributed by atoms with E-state index in [1.165, 1.54) is 24.1 Å². The van der Waals surface area contributed by atoms with Crippen molar-refractivity contribution in [3.63, 3.8) is 0 Å². The Kier molecular flexibility index (Phi) is 6.61. The summed E-state index contributed by atoms with van der Waals surface area (Å²) in [7, 11) is 3.01. The van der Waals surface area contributed by atoms with E-state index >= 15 is 0 Å². The zero-order chi connectivity index (χ0) is 22.5. The molecule has 0 atom stereocenters. The first-order chi connectivity index (χ1) is 14.8. The summed E-state index contributed by atoms with van der Waals surface area (Å²) >= 11 is 1.15. The first-order valence-electron chi connectivity index (χ1n) is 8.90. The number of hydrogen-bond acceptors (Lipinski definition) is 7. The number of aliphatic carboxylic acids is 1. The second kappa shape index (κ2) is 9.35. The lowest BCUT2D eigenvalue weighted by atomic mass is 10.2. The minimum absolute atomic E-state index is 0.104. The van der Waals surface area contributed by atoms with Gasteiger partial charge in [0.2, 0.25) is 0 Å². The molecule has 2 aromatic carbocycles. The number of carbonyl (C=O) groups is 3. The van der Waals surface area contributed by atoms with Crippen LogP contribution in [0.5, 0.6) is 11.5 Å². The normalized spacial score (nSPS) is 16.1. The number of carboxylic acid groups (broad SMARTS) is 2. The number of benzene rings is 2. The molecular weight excluding hydrogens is 424 g/mol. The summed E-state index contributed by atoms with van der Waals surface area (Å²) in [6, 6.07) is 11.0. The molecule has 2 N–H and O–H groups in total. The number of carboxylic acids is 2. The van der Waals surface area contributed by atoms with Gasteiger partial charge in [-0.05, 0) is 53.7 Å². The number of ether oxygens (including phenoxy) is 2. The smallest absolute Gasteiger partial charge is 0.341 e. The van der Waals surface area contributed by atoms with Crippen LogP contribution in [0.25, 0.3) is 6.08 Å². The molecule has 10 heteroatoms. The van der Waals surface area contributed by atoms with Crippen LogP contribution in [0.1, 0.15) is 15.9 Å². The molecule has 0 radical (unpaired) electrons. The standard InChI is InChI=1S/C21H18N2O7S/c1-23-19(26)17(31-21(23)22-14-5-3-4-13(10-14)20(27)28)9-12-6-7-15(16(8-12)29-2)30-11-18(24)25/h3-10H,11H2,1-2H3,(H,24,25)(H,27,28)/b17-9-,22-21?. The highest BCUT2D eigenvalue weighted by atomic mass is 32.2. The zero-order valence-corrected chi connectivity index (χ0v) is 17.4. The third-order valence-corrected chi connectivity index (χ3v) is 5.22. The Bertz CT molecular complexity index is 1110. The molecule has 0 spiro atoms. The van der Waals surface area contributed by atoms with E-state index in [1.54, 1.807) is 43.5 Å². The second-order valence-corrected chi connectivity index (χ2v) is 7.33. The Morgan fingerprint density at radius 1 is 1.16 bits per heavy atom. The van der Waals surface area contributed by atoms with Crippen molar-refractivity contribution in [2.24, 2.45) is 4.99 Å². The van der Waals surface area contributed by atoms with Crippen LogP contribution in [0.2, 0.25) is 0 Å². The van der Waals surface area contributed by atoms with E-state index < -0.39 is 18.5 Å². The van der Waals surface area contributed by atoms with Crippen LogP contribution >= 0.6 is 11.8 Å². The molecule has 0 bridgehead atoms. The number of likely N-dealkylation sites (N-methyl/N-ethyl adjacent to an activating group) is 1. The number of hydrogen-bond donors (Lipinski definition) is 2. The van der Waals surface area contributed by atoms with E-state index in [0.29, 0.717) is 27.1 Å². The molecule has 9 nitrogen and oxygen atoms in total. The van der Waals surface area contributed by atoms with E-state index in [1.807, 2.05) is 0 Å². The van der Waals surface area contributed by atoms with E-state index in [-0.39, 0.29) is 17.2 Å². The van der Waals surface area contributed by atoms with Gasteiger partial charge in [0, 0.05) is 7.05 Å². The van der Waals surface area contributed by atoms with Gasteiger partial charge in [-0.15, -0.1) is 0 Å². The summed E-state index contributed by atoms with van der Waals surface area (Å²) < 4.78 is 10.4. The lowest BCUT2D eigenvalue weighted by Gasteiger charge is -2.09. The fraction of sp³-hybridized carbons (Fsp3) is 0.143. The highest BCUT2D eigenvalue weighted by Crippen LogP contribution is 2.35. The lowest BCUT2D eigenvalue weighted by molar-refractivity contribution is -0.139. The molecule has 3 rings (SSSR count). The summed E-state index contributed by atoms with van der Waals surface area (Å²) in [5.74, 6) is -1.82. The highest BCUT2D eigenvalue weighted by molar-refractivity contribution is 8.18. The number of aliphatic imine (C=N–C) groups is 1. The predicted molar refractivity (Wildman–Crippen MR) is 115 cm³/mol. The fourth-order valence-corrected chi connectivity index (χ4v) is 3.64. The van der Waals surface area contributed by atoms with Gasteiger partial charge in [-0.2, -0.15) is 0 Å². The number of amidine groups is 1. The molecule has 31 heavy (non-hydrogen) atoms. The molecule has 1 heterocycles. The summed E-state index contributed by atoms with van der Waals surface area (Å²) in [6.45, 7) is -0.501.